The molecule has 8 heteroatoms. The van der Waals surface area contributed by atoms with E-state index in [1.165, 1.54) is 11.3 Å². The molecule has 7 nitrogen and oxygen atoms in total. The van der Waals surface area contributed by atoms with Crippen LogP contribution in [0.1, 0.15) is 15.5 Å². The Kier molecular flexibility index (Phi) is 3.55. The van der Waals surface area contributed by atoms with E-state index >= 15 is 0 Å². The fourth-order valence-corrected chi connectivity index (χ4v) is 2.52. The molecule has 3 rings (SSSR count). The number of nitrogens with zero attached hydrogens (tertiary/aromatic N) is 1. The summed E-state index contributed by atoms with van der Waals surface area (Å²) >= 11 is 1.34. The number of anilines is 2. The van der Waals surface area contributed by atoms with Gasteiger partial charge in [-0.05, 0) is 18.2 Å². The van der Waals surface area contributed by atoms with Gasteiger partial charge in [0.05, 0.1) is 5.69 Å². The molecule has 0 saturated heterocycles. The molecule has 2 heterocycles. The smallest absolute Gasteiger partial charge is 0.275 e. The van der Waals surface area contributed by atoms with Crippen LogP contribution in [0.3, 0.4) is 0 Å². The van der Waals surface area contributed by atoms with Crippen LogP contribution in [0.2, 0.25) is 0 Å². The quantitative estimate of drug-likeness (QED) is 0.789. The van der Waals surface area contributed by atoms with Gasteiger partial charge in [-0.3, -0.25) is 9.59 Å². The number of thiazole rings is 1. The van der Waals surface area contributed by atoms with Crippen LogP contribution in [0, 0.1) is 0 Å². The predicted molar refractivity (Wildman–Crippen MR) is 78.5 cm³/mol. The number of aromatic nitrogens is 1. The highest BCUT2D eigenvalue weighted by Gasteiger charge is 2.17. The molecule has 2 aromatic rings. The third-order valence-electron chi connectivity index (χ3n) is 2.83. The number of fused-ring (bicyclic) bond motifs is 1. The molecule has 1 aliphatic heterocycles. The lowest BCUT2D eigenvalue weighted by atomic mass is 10.2. The first-order chi connectivity index (χ1) is 10.2. The number of nitrogens with two attached hydrogens (primary N) is 1. The van der Waals surface area contributed by atoms with Gasteiger partial charge in [-0.2, -0.15) is 0 Å². The Morgan fingerprint density at radius 3 is 3.14 bits per heavy atom. The van der Waals surface area contributed by atoms with Crippen molar-refractivity contribution in [2.45, 2.75) is 6.54 Å². The van der Waals surface area contributed by atoms with Crippen LogP contribution in [0.5, 0.6) is 5.75 Å². The van der Waals surface area contributed by atoms with Crippen molar-refractivity contribution >= 4 is 34.5 Å². The molecule has 4 N–H and O–H groups in total. The largest absolute Gasteiger partial charge is 0.482 e. The molecule has 0 atom stereocenters. The van der Waals surface area contributed by atoms with E-state index < -0.39 is 0 Å². The van der Waals surface area contributed by atoms with Gasteiger partial charge in [0.1, 0.15) is 16.5 Å². The fraction of sp³-hybridized carbons (Fsp3) is 0.154. The lowest BCUT2D eigenvalue weighted by molar-refractivity contribution is -0.118. The molecular weight excluding hydrogens is 292 g/mol. The molecule has 0 unspecified atom stereocenters. The molecule has 1 aliphatic rings. The van der Waals surface area contributed by atoms with Crippen molar-refractivity contribution in [2.24, 2.45) is 5.73 Å². The number of amides is 2. The summed E-state index contributed by atoms with van der Waals surface area (Å²) in [6, 6.07) is 5.03. The number of ether oxygens (including phenoxy) is 1. The average Bonchev–Trinajstić information content (AvgIpc) is 2.96. The van der Waals surface area contributed by atoms with Gasteiger partial charge in [0.15, 0.2) is 6.61 Å². The topological polar surface area (TPSA) is 106 Å². The summed E-state index contributed by atoms with van der Waals surface area (Å²) in [6.45, 7) is 0.305. The van der Waals surface area contributed by atoms with Crippen molar-refractivity contribution in [3.8, 4) is 5.75 Å². The van der Waals surface area contributed by atoms with E-state index in [0.29, 0.717) is 34.4 Å². The minimum absolute atomic E-state index is 0.000600. The zero-order chi connectivity index (χ0) is 14.8. The number of benzene rings is 1. The zero-order valence-electron chi connectivity index (χ0n) is 10.9. The van der Waals surface area contributed by atoms with Crippen molar-refractivity contribution in [1.82, 2.24) is 4.98 Å². The van der Waals surface area contributed by atoms with Gasteiger partial charge in [0, 0.05) is 17.6 Å². The van der Waals surface area contributed by atoms with Crippen LogP contribution in [0.25, 0.3) is 0 Å². The number of hydrogen-bond donors (Lipinski definition) is 3. The second-order valence-corrected chi connectivity index (χ2v) is 5.28. The highest BCUT2D eigenvalue weighted by atomic mass is 32.1. The molecule has 21 heavy (non-hydrogen) atoms. The van der Waals surface area contributed by atoms with Gasteiger partial charge in [-0.1, -0.05) is 0 Å². The van der Waals surface area contributed by atoms with E-state index in [-0.39, 0.29) is 18.4 Å². The highest BCUT2D eigenvalue weighted by molar-refractivity contribution is 7.09. The Bertz CT molecular complexity index is 713. The Morgan fingerprint density at radius 2 is 2.38 bits per heavy atom. The highest BCUT2D eigenvalue weighted by Crippen LogP contribution is 2.30. The first-order valence-electron chi connectivity index (χ1n) is 6.18. The second kappa shape index (κ2) is 5.51. The standard InChI is InChI=1S/C13H12N4O3S/c14-4-12-17-9(6-21-12)13(19)15-7-1-2-10-8(3-7)16-11(18)5-20-10/h1-3,6H,4-5,14H2,(H,15,19)(H,16,18). The molecule has 1 aromatic heterocycles. The first kappa shape index (κ1) is 13.5. The maximum atomic E-state index is 12.0. The molecule has 0 fully saturated rings. The molecule has 108 valence electrons. The SMILES string of the molecule is NCc1nc(C(=O)Nc2ccc3c(c2)NC(=O)CO3)cs1. The molecule has 2 amide bonds. The molecule has 0 aliphatic carbocycles. The van der Waals surface area contributed by atoms with E-state index in [2.05, 4.69) is 15.6 Å². The lowest BCUT2D eigenvalue weighted by Crippen LogP contribution is -2.25. The van der Waals surface area contributed by atoms with Crippen molar-refractivity contribution in [1.29, 1.82) is 0 Å². The van der Waals surface area contributed by atoms with Crippen LogP contribution >= 0.6 is 11.3 Å². The second-order valence-electron chi connectivity index (χ2n) is 4.33. The molecule has 0 saturated carbocycles. The maximum Gasteiger partial charge on any atom is 0.275 e. The summed E-state index contributed by atoms with van der Waals surface area (Å²) in [6.07, 6.45) is 0. The van der Waals surface area contributed by atoms with Crippen LogP contribution < -0.4 is 21.1 Å². The van der Waals surface area contributed by atoms with Gasteiger partial charge in [0.25, 0.3) is 11.8 Å². The van der Waals surface area contributed by atoms with E-state index in [1.54, 1.807) is 23.6 Å². The predicted octanol–water partition coefficient (Wildman–Crippen LogP) is 1.18. The van der Waals surface area contributed by atoms with E-state index in [4.69, 9.17) is 10.5 Å². The fourth-order valence-electron chi connectivity index (χ4n) is 1.86. The zero-order valence-corrected chi connectivity index (χ0v) is 11.7. The molecule has 0 radical (unpaired) electrons. The first-order valence-corrected chi connectivity index (χ1v) is 7.06. The summed E-state index contributed by atoms with van der Waals surface area (Å²) in [7, 11) is 0. The van der Waals surface area contributed by atoms with Crippen LogP contribution in [-0.2, 0) is 11.3 Å². The van der Waals surface area contributed by atoms with Gasteiger partial charge in [-0.25, -0.2) is 4.98 Å². The lowest BCUT2D eigenvalue weighted by Gasteiger charge is -2.18. The van der Waals surface area contributed by atoms with Gasteiger partial charge in [-0.15, -0.1) is 11.3 Å². The molecule has 1 aromatic carbocycles. The van der Waals surface area contributed by atoms with E-state index in [0.717, 1.165) is 0 Å². The minimum atomic E-state index is -0.325. The van der Waals surface area contributed by atoms with Crippen LogP contribution in [0.4, 0.5) is 11.4 Å². The molecule has 0 spiro atoms. The Balaban J connectivity index is 1.77. The Hall–Kier alpha value is -2.45. The normalized spacial score (nSPS) is 13.1. The number of nitrogens with one attached hydrogen (secondary N) is 2. The number of carbonyl (C=O) groups excluding carboxylic acids is 2. The Labute approximate surface area is 124 Å². The molecular formula is C13H12N4O3S. The van der Waals surface area contributed by atoms with E-state index in [9.17, 15) is 9.59 Å². The average molecular weight is 304 g/mol. The van der Waals surface area contributed by atoms with E-state index in [1.807, 2.05) is 0 Å². The maximum absolute atomic E-state index is 12.0. The third kappa shape index (κ3) is 2.86. The van der Waals surface area contributed by atoms with Crippen molar-refractivity contribution in [2.75, 3.05) is 17.2 Å². The van der Waals surface area contributed by atoms with Crippen molar-refractivity contribution < 1.29 is 14.3 Å². The third-order valence-corrected chi connectivity index (χ3v) is 3.70. The van der Waals surface area contributed by atoms with Crippen molar-refractivity contribution in [3.05, 3.63) is 34.3 Å². The van der Waals surface area contributed by atoms with Gasteiger partial charge < -0.3 is 21.1 Å². The van der Waals surface area contributed by atoms with Gasteiger partial charge in [0.2, 0.25) is 0 Å². The Morgan fingerprint density at radius 1 is 1.52 bits per heavy atom. The summed E-state index contributed by atoms with van der Waals surface area (Å²) < 4.78 is 5.25. The summed E-state index contributed by atoms with van der Waals surface area (Å²) in [5.41, 5.74) is 6.87. The molecule has 0 bridgehead atoms. The minimum Gasteiger partial charge on any atom is -0.482 e. The monoisotopic (exact) mass is 304 g/mol. The van der Waals surface area contributed by atoms with Crippen LogP contribution in [0.15, 0.2) is 23.6 Å². The summed E-state index contributed by atoms with van der Waals surface area (Å²) in [5.74, 6) is 0.0266. The van der Waals surface area contributed by atoms with Gasteiger partial charge >= 0.3 is 0 Å². The summed E-state index contributed by atoms with van der Waals surface area (Å²) in [4.78, 5) is 27.4. The number of rotatable bonds is 3. The number of hydrogen-bond acceptors (Lipinski definition) is 6. The number of carbonyl (C=O) groups is 2. The van der Waals surface area contributed by atoms with Crippen molar-refractivity contribution in [3.63, 3.8) is 0 Å². The summed E-state index contributed by atoms with van der Waals surface area (Å²) in [5, 5.41) is 7.75. The van der Waals surface area contributed by atoms with Crippen LogP contribution in [-0.4, -0.2) is 23.4 Å².